The normalized spacial score (nSPS) is 16.6. The van der Waals surface area contributed by atoms with Crippen molar-refractivity contribution in [3.05, 3.63) is 105 Å². The summed E-state index contributed by atoms with van der Waals surface area (Å²) in [6.45, 7) is 0. The van der Waals surface area contributed by atoms with Gasteiger partial charge in [-0.2, -0.15) is 5.10 Å². The maximum absolute atomic E-state index is 6.08. The molecule has 1 aliphatic rings. The summed E-state index contributed by atoms with van der Waals surface area (Å²) >= 11 is 15.6. The van der Waals surface area contributed by atoms with Gasteiger partial charge in [0.15, 0.2) is 0 Å². The van der Waals surface area contributed by atoms with Crippen molar-refractivity contribution in [3.63, 3.8) is 0 Å². The number of hydrogen-bond acceptors (Lipinski definition) is 2. The van der Waals surface area contributed by atoms with Gasteiger partial charge < -0.3 is 0 Å². The van der Waals surface area contributed by atoms with Crippen molar-refractivity contribution in [1.29, 1.82) is 0 Å². The molecule has 0 amide bonds. The number of halogens is 3. The van der Waals surface area contributed by atoms with Gasteiger partial charge in [0, 0.05) is 20.9 Å². The number of allylic oxidation sites excluding steroid dienone is 1. The van der Waals surface area contributed by atoms with E-state index >= 15 is 0 Å². The Bertz CT molecular complexity index is 1030. The summed E-state index contributed by atoms with van der Waals surface area (Å²) in [4.78, 5) is 0. The second-order valence-corrected chi connectivity index (χ2v) is 8.36. The second-order valence-electron chi connectivity index (χ2n) is 6.57. The number of benzene rings is 3. The molecule has 3 aromatic carbocycles. The van der Waals surface area contributed by atoms with Crippen LogP contribution in [0.4, 0.5) is 5.69 Å². The molecule has 0 aliphatic carbocycles. The van der Waals surface area contributed by atoms with Crippen molar-refractivity contribution in [2.75, 3.05) is 5.01 Å². The monoisotopic (exact) mass is 470 g/mol. The molecule has 28 heavy (non-hydrogen) atoms. The summed E-state index contributed by atoms with van der Waals surface area (Å²) in [5, 5.41) is 8.45. The molecule has 3 aromatic rings. The van der Waals surface area contributed by atoms with Crippen LogP contribution in [0.1, 0.15) is 23.6 Å². The minimum Gasteiger partial charge on any atom is -0.257 e. The van der Waals surface area contributed by atoms with Crippen molar-refractivity contribution in [2.24, 2.45) is 5.10 Å². The fourth-order valence-corrected chi connectivity index (χ4v) is 3.84. The van der Waals surface area contributed by atoms with Crippen molar-refractivity contribution in [2.45, 2.75) is 12.5 Å². The molecular weight excluding hydrogens is 455 g/mol. The lowest BCUT2D eigenvalue weighted by Crippen LogP contribution is -2.18. The quantitative estimate of drug-likeness (QED) is 0.379. The molecule has 0 radical (unpaired) electrons. The highest BCUT2D eigenvalue weighted by atomic mass is 79.9. The van der Waals surface area contributed by atoms with Crippen molar-refractivity contribution >= 4 is 56.6 Å². The first-order valence-corrected chi connectivity index (χ1v) is 10.4. The summed E-state index contributed by atoms with van der Waals surface area (Å²) < 4.78 is 1.03. The second kappa shape index (κ2) is 8.52. The molecule has 0 saturated heterocycles. The lowest BCUT2D eigenvalue weighted by Gasteiger charge is -2.24. The first-order chi connectivity index (χ1) is 13.6. The zero-order valence-corrected chi connectivity index (χ0v) is 18.0. The molecule has 1 aliphatic heterocycles. The zero-order chi connectivity index (χ0) is 19.5. The predicted molar refractivity (Wildman–Crippen MR) is 123 cm³/mol. The van der Waals surface area contributed by atoms with Gasteiger partial charge in [0.2, 0.25) is 0 Å². The molecular formula is C23H17BrCl2N2. The first-order valence-electron chi connectivity index (χ1n) is 8.90. The van der Waals surface area contributed by atoms with Gasteiger partial charge in [-0.1, -0.05) is 75.5 Å². The Morgan fingerprint density at radius 3 is 2.25 bits per heavy atom. The molecule has 1 atom stereocenters. The Hall–Kier alpha value is -2.07. The molecule has 5 heteroatoms. The van der Waals surface area contributed by atoms with E-state index in [9.17, 15) is 0 Å². The van der Waals surface area contributed by atoms with E-state index in [2.05, 4.69) is 57.4 Å². The molecule has 140 valence electrons. The summed E-state index contributed by atoms with van der Waals surface area (Å²) in [6, 6.07) is 24.1. The van der Waals surface area contributed by atoms with Crippen LogP contribution in [0.3, 0.4) is 0 Å². The van der Waals surface area contributed by atoms with Gasteiger partial charge in [-0.15, -0.1) is 0 Å². The Morgan fingerprint density at radius 2 is 1.57 bits per heavy atom. The SMILES string of the molecule is Clc1ccc(C=CC2=NN(c3cccc(Br)c3)C(c3ccc(Cl)cc3)C2)cc1. The van der Waals surface area contributed by atoms with Crippen LogP contribution < -0.4 is 5.01 Å². The highest BCUT2D eigenvalue weighted by Crippen LogP contribution is 2.36. The van der Waals surface area contributed by atoms with Gasteiger partial charge in [-0.3, -0.25) is 5.01 Å². The molecule has 0 fully saturated rings. The molecule has 2 nitrogen and oxygen atoms in total. The highest BCUT2D eigenvalue weighted by Gasteiger charge is 2.28. The van der Waals surface area contributed by atoms with Crippen molar-refractivity contribution < 1.29 is 0 Å². The van der Waals surface area contributed by atoms with Crippen LogP contribution in [0, 0.1) is 0 Å². The Labute approximate surface area is 183 Å². The molecule has 1 heterocycles. The van der Waals surface area contributed by atoms with E-state index in [1.165, 1.54) is 5.56 Å². The molecule has 0 bridgehead atoms. The number of hydrogen-bond donors (Lipinski definition) is 0. The maximum Gasteiger partial charge on any atom is 0.0831 e. The summed E-state index contributed by atoms with van der Waals surface area (Å²) in [7, 11) is 0. The summed E-state index contributed by atoms with van der Waals surface area (Å²) in [5.74, 6) is 0. The van der Waals surface area contributed by atoms with Gasteiger partial charge >= 0.3 is 0 Å². The lowest BCUT2D eigenvalue weighted by molar-refractivity contribution is 0.709. The summed E-state index contributed by atoms with van der Waals surface area (Å²) in [5.41, 5.74) is 4.35. The highest BCUT2D eigenvalue weighted by molar-refractivity contribution is 9.10. The third-order valence-electron chi connectivity index (χ3n) is 4.60. The smallest absolute Gasteiger partial charge is 0.0831 e. The van der Waals surface area contributed by atoms with E-state index in [1.807, 2.05) is 48.5 Å². The van der Waals surface area contributed by atoms with Crippen LogP contribution >= 0.6 is 39.1 Å². The Kier molecular flexibility index (Phi) is 5.86. The van der Waals surface area contributed by atoms with Gasteiger partial charge in [0.25, 0.3) is 0 Å². The first kappa shape index (κ1) is 19.3. The van der Waals surface area contributed by atoms with E-state index in [0.717, 1.165) is 37.9 Å². The number of anilines is 1. The van der Waals surface area contributed by atoms with Gasteiger partial charge in [-0.05, 0) is 59.7 Å². The van der Waals surface area contributed by atoms with Crippen LogP contribution in [0.25, 0.3) is 6.08 Å². The minimum atomic E-state index is 0.122. The van der Waals surface area contributed by atoms with Crippen molar-refractivity contribution in [3.8, 4) is 0 Å². The molecule has 0 aromatic heterocycles. The predicted octanol–water partition coefficient (Wildman–Crippen LogP) is 7.78. The lowest BCUT2D eigenvalue weighted by atomic mass is 10.0. The number of nitrogens with zero attached hydrogens (tertiary/aromatic N) is 2. The molecule has 1 unspecified atom stereocenters. The van der Waals surface area contributed by atoms with Gasteiger partial charge in [-0.25, -0.2) is 0 Å². The van der Waals surface area contributed by atoms with Gasteiger partial charge in [0.1, 0.15) is 0 Å². The summed E-state index contributed by atoms with van der Waals surface area (Å²) in [6.07, 6.45) is 4.96. The average molecular weight is 472 g/mol. The van der Waals surface area contributed by atoms with E-state index in [4.69, 9.17) is 28.3 Å². The van der Waals surface area contributed by atoms with E-state index in [1.54, 1.807) is 0 Å². The molecule has 0 spiro atoms. The number of hydrazone groups is 1. The van der Waals surface area contributed by atoms with Crippen LogP contribution in [-0.2, 0) is 0 Å². The third-order valence-corrected chi connectivity index (χ3v) is 5.60. The van der Waals surface area contributed by atoms with E-state index in [0.29, 0.717) is 0 Å². The van der Waals surface area contributed by atoms with Gasteiger partial charge in [0.05, 0.1) is 17.4 Å². The largest absolute Gasteiger partial charge is 0.257 e. The Balaban J connectivity index is 1.65. The van der Waals surface area contributed by atoms with E-state index < -0.39 is 0 Å². The number of rotatable bonds is 4. The molecule has 0 saturated carbocycles. The van der Waals surface area contributed by atoms with Crippen LogP contribution in [-0.4, -0.2) is 5.71 Å². The topological polar surface area (TPSA) is 15.6 Å². The van der Waals surface area contributed by atoms with E-state index in [-0.39, 0.29) is 6.04 Å². The van der Waals surface area contributed by atoms with Crippen molar-refractivity contribution in [1.82, 2.24) is 0 Å². The van der Waals surface area contributed by atoms with Crippen LogP contribution in [0.5, 0.6) is 0 Å². The maximum atomic E-state index is 6.08. The average Bonchev–Trinajstić information content (AvgIpc) is 3.12. The zero-order valence-electron chi connectivity index (χ0n) is 14.9. The minimum absolute atomic E-state index is 0.122. The van der Waals surface area contributed by atoms with Crippen LogP contribution in [0.15, 0.2) is 88.4 Å². The third kappa shape index (κ3) is 4.49. The Morgan fingerprint density at radius 1 is 0.893 bits per heavy atom. The molecule has 0 N–H and O–H groups in total. The standard InChI is InChI=1S/C23H17BrCl2N2/c24-18-2-1-3-22(14-18)28-23(17-7-11-20(26)12-8-17)15-21(27-28)13-6-16-4-9-19(25)10-5-16/h1-14,23H,15H2. The van der Waals surface area contributed by atoms with Crippen LogP contribution in [0.2, 0.25) is 10.0 Å². The molecule has 4 rings (SSSR count). The fourth-order valence-electron chi connectivity index (χ4n) is 3.20. The fraction of sp³-hybridized carbons (Fsp3) is 0.0870.